The predicted molar refractivity (Wildman–Crippen MR) is 129 cm³/mol. The summed E-state index contributed by atoms with van der Waals surface area (Å²) >= 11 is 1.37. The van der Waals surface area contributed by atoms with Gasteiger partial charge in [0.2, 0.25) is 0 Å². The number of nitrogens with zero attached hydrogens (tertiary/aromatic N) is 1. The molecule has 4 rings (SSSR count). The number of carbonyl (C=O) groups excluding carboxylic acids is 1. The van der Waals surface area contributed by atoms with E-state index < -0.39 is 10.0 Å². The maximum absolute atomic E-state index is 13.2. The number of amides is 1. The van der Waals surface area contributed by atoms with Crippen LogP contribution in [0.2, 0.25) is 0 Å². The van der Waals surface area contributed by atoms with E-state index in [2.05, 4.69) is 5.32 Å². The first-order valence-corrected chi connectivity index (χ1v) is 12.2. The van der Waals surface area contributed by atoms with Gasteiger partial charge in [0, 0.05) is 16.9 Å². The van der Waals surface area contributed by atoms with Crippen molar-refractivity contribution in [1.82, 2.24) is 0 Å². The maximum Gasteiger partial charge on any atom is 0.265 e. The van der Waals surface area contributed by atoms with Crippen LogP contribution in [-0.4, -0.2) is 28.0 Å². The van der Waals surface area contributed by atoms with Crippen LogP contribution in [-0.2, 0) is 10.0 Å². The largest absolute Gasteiger partial charge is 0.497 e. The summed E-state index contributed by atoms with van der Waals surface area (Å²) in [6.45, 7) is 2.06. The van der Waals surface area contributed by atoms with Gasteiger partial charge < -0.3 is 10.1 Å². The molecule has 8 heteroatoms. The van der Waals surface area contributed by atoms with Crippen LogP contribution in [0.15, 0.2) is 83.8 Å². The molecule has 0 radical (unpaired) electrons. The van der Waals surface area contributed by atoms with E-state index in [9.17, 15) is 13.2 Å². The van der Waals surface area contributed by atoms with Crippen LogP contribution < -0.4 is 14.4 Å². The summed E-state index contributed by atoms with van der Waals surface area (Å²) in [4.78, 5) is 13.4. The van der Waals surface area contributed by atoms with E-state index in [1.165, 1.54) is 34.9 Å². The molecular formula is C24H22N2O4S2. The lowest BCUT2D eigenvalue weighted by molar-refractivity contribution is 0.103. The van der Waals surface area contributed by atoms with Crippen LogP contribution in [0.4, 0.5) is 11.4 Å². The molecule has 0 atom stereocenters. The Morgan fingerprint density at radius 1 is 1.00 bits per heavy atom. The van der Waals surface area contributed by atoms with Gasteiger partial charge in [0.15, 0.2) is 0 Å². The third-order valence-electron chi connectivity index (χ3n) is 4.98. The van der Waals surface area contributed by atoms with Crippen molar-refractivity contribution in [3.05, 3.63) is 83.7 Å². The fraction of sp³-hybridized carbons (Fsp3) is 0.125. The van der Waals surface area contributed by atoms with E-state index in [0.29, 0.717) is 16.3 Å². The number of benzene rings is 3. The molecule has 3 aromatic carbocycles. The van der Waals surface area contributed by atoms with Crippen molar-refractivity contribution in [2.45, 2.75) is 11.8 Å². The van der Waals surface area contributed by atoms with Gasteiger partial charge >= 0.3 is 0 Å². The lowest BCUT2D eigenvalue weighted by Gasteiger charge is -2.23. The first kappa shape index (κ1) is 21.9. The Labute approximate surface area is 191 Å². The number of hydrogen-bond donors (Lipinski definition) is 1. The van der Waals surface area contributed by atoms with Crippen LogP contribution in [0.5, 0.6) is 5.75 Å². The van der Waals surface area contributed by atoms with E-state index in [4.69, 9.17) is 4.74 Å². The standard InChI is InChI=1S/C24H22N2O4S2/c1-3-26(32(28,29)21-12-10-20(30-2)11-13-21)19-9-14-22-17(15-19)16-23(31-22)24(27)25-18-7-5-4-6-8-18/h4-16H,3H2,1-2H3,(H,25,27). The Hall–Kier alpha value is -3.36. The predicted octanol–water partition coefficient (Wildman–Crippen LogP) is 5.38. The Morgan fingerprint density at radius 2 is 1.72 bits per heavy atom. The minimum absolute atomic E-state index is 0.188. The molecule has 0 saturated heterocycles. The molecule has 32 heavy (non-hydrogen) atoms. The molecule has 0 fully saturated rings. The van der Waals surface area contributed by atoms with Crippen molar-refractivity contribution in [2.75, 3.05) is 23.3 Å². The summed E-state index contributed by atoms with van der Waals surface area (Å²) in [5.41, 5.74) is 1.27. The van der Waals surface area contributed by atoms with Crippen LogP contribution >= 0.6 is 11.3 Å². The third-order valence-corrected chi connectivity index (χ3v) is 8.01. The topological polar surface area (TPSA) is 75.7 Å². The fourth-order valence-corrected chi connectivity index (χ4v) is 5.78. The fourth-order valence-electron chi connectivity index (χ4n) is 3.38. The number of rotatable bonds is 7. The second-order valence-electron chi connectivity index (χ2n) is 7.00. The molecule has 4 aromatic rings. The lowest BCUT2D eigenvalue weighted by Crippen LogP contribution is -2.30. The Kier molecular flexibility index (Phi) is 6.16. The normalized spacial score (nSPS) is 11.3. The second kappa shape index (κ2) is 9.02. The molecule has 0 saturated carbocycles. The van der Waals surface area contributed by atoms with Crippen molar-refractivity contribution in [3.8, 4) is 5.75 Å². The van der Waals surface area contributed by atoms with Crippen molar-refractivity contribution < 1.29 is 17.9 Å². The van der Waals surface area contributed by atoms with Gasteiger partial charge in [0.1, 0.15) is 5.75 Å². The first-order valence-electron chi connectivity index (χ1n) is 9.99. The molecule has 0 aliphatic carbocycles. The van der Waals surface area contributed by atoms with Gasteiger partial charge in [-0.25, -0.2) is 8.42 Å². The van der Waals surface area contributed by atoms with Crippen LogP contribution in [0.25, 0.3) is 10.1 Å². The average molecular weight is 467 g/mol. The molecule has 0 aliphatic rings. The molecule has 0 aliphatic heterocycles. The summed E-state index contributed by atoms with van der Waals surface area (Å²) in [7, 11) is -2.21. The zero-order valence-electron chi connectivity index (χ0n) is 17.6. The van der Waals surface area contributed by atoms with Crippen LogP contribution in [0.3, 0.4) is 0 Å². The number of carbonyl (C=O) groups is 1. The van der Waals surface area contributed by atoms with E-state index in [-0.39, 0.29) is 17.3 Å². The van der Waals surface area contributed by atoms with Crippen molar-refractivity contribution >= 4 is 48.7 Å². The molecule has 164 valence electrons. The maximum atomic E-state index is 13.2. The molecule has 0 unspecified atom stereocenters. The van der Waals surface area contributed by atoms with E-state index >= 15 is 0 Å². The number of hydrogen-bond acceptors (Lipinski definition) is 5. The number of thiophene rings is 1. The monoisotopic (exact) mass is 466 g/mol. The average Bonchev–Trinajstić information content (AvgIpc) is 3.24. The number of nitrogens with one attached hydrogen (secondary N) is 1. The molecule has 1 heterocycles. The van der Waals surface area contributed by atoms with Crippen molar-refractivity contribution in [1.29, 1.82) is 0 Å². The van der Waals surface area contributed by atoms with Crippen molar-refractivity contribution in [3.63, 3.8) is 0 Å². The highest BCUT2D eigenvalue weighted by Crippen LogP contribution is 2.32. The third kappa shape index (κ3) is 4.32. The van der Waals surface area contributed by atoms with Gasteiger partial charge in [0.25, 0.3) is 15.9 Å². The van der Waals surface area contributed by atoms with Crippen LogP contribution in [0, 0.1) is 0 Å². The number of methoxy groups -OCH3 is 1. The Balaban J connectivity index is 1.63. The number of anilines is 2. The summed E-state index contributed by atoms with van der Waals surface area (Å²) < 4.78 is 33.9. The van der Waals surface area contributed by atoms with Gasteiger partial charge in [-0.05, 0) is 73.0 Å². The molecule has 0 spiro atoms. The highest BCUT2D eigenvalue weighted by Gasteiger charge is 2.24. The highest BCUT2D eigenvalue weighted by atomic mass is 32.2. The Morgan fingerprint density at radius 3 is 2.38 bits per heavy atom. The quantitative estimate of drug-likeness (QED) is 0.397. The highest BCUT2D eigenvalue weighted by molar-refractivity contribution is 7.92. The van der Waals surface area contributed by atoms with Gasteiger partial charge in [-0.15, -0.1) is 11.3 Å². The summed E-state index contributed by atoms with van der Waals surface area (Å²) in [6, 6.07) is 22.8. The summed E-state index contributed by atoms with van der Waals surface area (Å²) in [6.07, 6.45) is 0. The SMILES string of the molecule is CCN(c1ccc2sc(C(=O)Nc3ccccc3)cc2c1)S(=O)(=O)c1ccc(OC)cc1. The molecule has 6 nitrogen and oxygen atoms in total. The minimum atomic E-state index is -3.75. The van der Waals surface area contributed by atoms with Gasteiger partial charge in [-0.1, -0.05) is 18.2 Å². The number of para-hydroxylation sites is 1. The van der Waals surface area contributed by atoms with Gasteiger partial charge in [0.05, 0.1) is 22.6 Å². The first-order chi connectivity index (χ1) is 15.4. The smallest absolute Gasteiger partial charge is 0.265 e. The number of ether oxygens (including phenoxy) is 1. The van der Waals surface area contributed by atoms with E-state index in [1.54, 1.807) is 37.3 Å². The van der Waals surface area contributed by atoms with Crippen molar-refractivity contribution in [2.24, 2.45) is 0 Å². The summed E-state index contributed by atoms with van der Waals surface area (Å²) in [5.74, 6) is 0.394. The van der Waals surface area contributed by atoms with E-state index in [1.807, 2.05) is 36.4 Å². The minimum Gasteiger partial charge on any atom is -0.497 e. The molecule has 1 N–H and O–H groups in total. The molecule has 0 bridgehead atoms. The van der Waals surface area contributed by atoms with Gasteiger partial charge in [-0.3, -0.25) is 9.10 Å². The van der Waals surface area contributed by atoms with Gasteiger partial charge in [-0.2, -0.15) is 0 Å². The number of sulfonamides is 1. The van der Waals surface area contributed by atoms with E-state index in [0.717, 1.165) is 15.8 Å². The zero-order chi connectivity index (χ0) is 22.7. The zero-order valence-corrected chi connectivity index (χ0v) is 19.2. The molecular weight excluding hydrogens is 444 g/mol. The summed E-state index contributed by atoms with van der Waals surface area (Å²) in [5, 5.41) is 3.69. The molecule has 1 amide bonds. The Bertz CT molecular complexity index is 1350. The number of fused-ring (bicyclic) bond motifs is 1. The van der Waals surface area contributed by atoms with Crippen LogP contribution in [0.1, 0.15) is 16.6 Å². The lowest BCUT2D eigenvalue weighted by atomic mass is 10.2. The molecule has 1 aromatic heterocycles. The second-order valence-corrected chi connectivity index (χ2v) is 9.94.